The molecule has 0 aliphatic carbocycles. The van der Waals surface area contributed by atoms with Gasteiger partial charge < -0.3 is 5.11 Å². The normalized spacial score (nSPS) is 11.5. The molecule has 102 valence electrons. The molecule has 0 saturated heterocycles. The summed E-state index contributed by atoms with van der Waals surface area (Å²) in [6, 6.07) is 5.61. The van der Waals surface area contributed by atoms with Gasteiger partial charge in [0.15, 0.2) is 0 Å². The zero-order valence-electron chi connectivity index (χ0n) is 10.1. The number of aliphatic hydroxyl groups is 1. The lowest BCUT2D eigenvalue weighted by atomic mass is 10.2. The van der Waals surface area contributed by atoms with E-state index in [9.17, 15) is 12.8 Å². The van der Waals surface area contributed by atoms with E-state index in [1.165, 1.54) is 23.6 Å². The Morgan fingerprint density at radius 3 is 2.68 bits per heavy atom. The van der Waals surface area contributed by atoms with Gasteiger partial charge in [0.05, 0.1) is 17.2 Å². The zero-order valence-corrected chi connectivity index (χ0v) is 11.7. The minimum atomic E-state index is -3.83. The van der Waals surface area contributed by atoms with Gasteiger partial charge in [-0.05, 0) is 30.7 Å². The molecule has 1 heterocycles. The van der Waals surface area contributed by atoms with Crippen molar-refractivity contribution in [3.05, 3.63) is 45.9 Å². The van der Waals surface area contributed by atoms with Crippen molar-refractivity contribution in [3.63, 3.8) is 0 Å². The highest BCUT2D eigenvalue weighted by atomic mass is 32.2. The van der Waals surface area contributed by atoms with E-state index in [1.54, 1.807) is 13.0 Å². The van der Waals surface area contributed by atoms with Gasteiger partial charge in [-0.3, -0.25) is 4.72 Å². The van der Waals surface area contributed by atoms with E-state index in [-0.39, 0.29) is 17.2 Å². The Balaban J connectivity index is 2.30. The van der Waals surface area contributed by atoms with Crippen molar-refractivity contribution < 1.29 is 17.9 Å². The third-order valence-corrected chi connectivity index (χ3v) is 4.88. The first-order valence-electron chi connectivity index (χ1n) is 5.39. The minimum Gasteiger partial charge on any atom is -0.391 e. The molecule has 1 aromatic carbocycles. The van der Waals surface area contributed by atoms with Crippen LogP contribution in [0.4, 0.5) is 10.1 Å². The molecular weight excluding hydrogens is 289 g/mol. The molecule has 1 aromatic heterocycles. The third-order valence-electron chi connectivity index (χ3n) is 2.46. The first-order valence-corrected chi connectivity index (χ1v) is 7.76. The summed E-state index contributed by atoms with van der Waals surface area (Å²) in [7, 11) is -3.83. The fourth-order valence-electron chi connectivity index (χ4n) is 1.49. The Morgan fingerprint density at radius 2 is 2.11 bits per heavy atom. The van der Waals surface area contributed by atoms with Gasteiger partial charge in [0, 0.05) is 10.3 Å². The molecule has 0 unspecified atom stereocenters. The molecule has 2 N–H and O–H groups in total. The van der Waals surface area contributed by atoms with Crippen molar-refractivity contribution in [2.75, 3.05) is 4.72 Å². The third kappa shape index (κ3) is 3.12. The Bertz CT molecular complexity index is 695. The number of benzene rings is 1. The summed E-state index contributed by atoms with van der Waals surface area (Å²) in [4.78, 5) is 0.547. The molecule has 7 heteroatoms. The van der Waals surface area contributed by atoms with Crippen LogP contribution in [0, 0.1) is 12.7 Å². The maximum absolute atomic E-state index is 13.6. The number of hydrogen-bond donors (Lipinski definition) is 2. The van der Waals surface area contributed by atoms with Crippen LogP contribution < -0.4 is 4.72 Å². The molecule has 0 radical (unpaired) electrons. The van der Waals surface area contributed by atoms with E-state index in [1.807, 2.05) is 0 Å². The maximum Gasteiger partial charge on any atom is 0.262 e. The van der Waals surface area contributed by atoms with Crippen molar-refractivity contribution in [1.29, 1.82) is 0 Å². The van der Waals surface area contributed by atoms with Gasteiger partial charge in [-0.15, -0.1) is 11.3 Å². The van der Waals surface area contributed by atoms with Crippen LogP contribution in [0.5, 0.6) is 0 Å². The molecule has 0 fully saturated rings. The Kier molecular flexibility index (Phi) is 3.88. The minimum absolute atomic E-state index is 0.0153. The predicted octanol–water partition coefficient (Wildman–Crippen LogP) is 2.49. The topological polar surface area (TPSA) is 66.4 Å². The van der Waals surface area contributed by atoms with Crippen molar-refractivity contribution in [1.82, 2.24) is 0 Å². The number of nitrogens with one attached hydrogen (secondary N) is 1. The van der Waals surface area contributed by atoms with Crippen molar-refractivity contribution in [2.45, 2.75) is 18.4 Å². The molecule has 0 aliphatic rings. The smallest absolute Gasteiger partial charge is 0.262 e. The molecule has 0 aliphatic heterocycles. The second-order valence-corrected chi connectivity index (χ2v) is 6.67. The molecule has 0 amide bonds. The number of sulfonamides is 1. The fourth-order valence-corrected chi connectivity index (χ4v) is 3.69. The summed E-state index contributed by atoms with van der Waals surface area (Å²) >= 11 is 1.13. The molecule has 19 heavy (non-hydrogen) atoms. The Hall–Kier alpha value is -1.44. The largest absolute Gasteiger partial charge is 0.391 e. The van der Waals surface area contributed by atoms with Gasteiger partial charge in [-0.25, -0.2) is 12.8 Å². The van der Waals surface area contributed by atoms with Gasteiger partial charge >= 0.3 is 0 Å². The molecule has 0 saturated carbocycles. The van der Waals surface area contributed by atoms with Crippen LogP contribution in [-0.4, -0.2) is 13.5 Å². The second-order valence-electron chi connectivity index (χ2n) is 4.00. The van der Waals surface area contributed by atoms with Crippen molar-refractivity contribution in [3.8, 4) is 0 Å². The van der Waals surface area contributed by atoms with E-state index in [4.69, 9.17) is 5.11 Å². The average Bonchev–Trinajstić information content (AvgIpc) is 2.82. The second kappa shape index (κ2) is 5.28. The van der Waals surface area contributed by atoms with Crippen LogP contribution in [0.3, 0.4) is 0 Å². The highest BCUT2D eigenvalue weighted by molar-refractivity contribution is 7.92. The Morgan fingerprint density at radius 1 is 1.37 bits per heavy atom. The maximum atomic E-state index is 13.6. The Labute approximate surface area is 114 Å². The predicted molar refractivity (Wildman–Crippen MR) is 72.2 cm³/mol. The number of anilines is 1. The standard InChI is InChI=1S/C12H12FNO3S2/c1-8-2-3-12(11(13)4-8)14-19(16,17)10-5-9(6-15)18-7-10/h2-5,7,14-15H,6H2,1H3. The highest BCUT2D eigenvalue weighted by Crippen LogP contribution is 2.23. The van der Waals surface area contributed by atoms with Crippen LogP contribution in [-0.2, 0) is 16.6 Å². The number of aryl methyl sites for hydroxylation is 1. The van der Waals surface area contributed by atoms with Gasteiger partial charge in [-0.1, -0.05) is 6.07 Å². The average molecular weight is 301 g/mol. The van der Waals surface area contributed by atoms with E-state index >= 15 is 0 Å². The van der Waals surface area contributed by atoms with Crippen LogP contribution >= 0.6 is 11.3 Å². The van der Waals surface area contributed by atoms with Gasteiger partial charge in [0.2, 0.25) is 0 Å². The molecule has 0 spiro atoms. The molecule has 2 rings (SSSR count). The number of aliphatic hydroxyl groups excluding tert-OH is 1. The summed E-state index contributed by atoms with van der Waals surface area (Å²) in [5.74, 6) is -0.624. The molecule has 4 nitrogen and oxygen atoms in total. The molecular formula is C12H12FNO3S2. The van der Waals surface area contributed by atoms with Crippen molar-refractivity contribution in [2.24, 2.45) is 0 Å². The lowest BCUT2D eigenvalue weighted by Gasteiger charge is -2.07. The monoisotopic (exact) mass is 301 g/mol. The number of thiophene rings is 1. The van der Waals surface area contributed by atoms with Crippen molar-refractivity contribution >= 4 is 27.0 Å². The molecule has 2 aromatic rings. The lowest BCUT2D eigenvalue weighted by molar-refractivity contribution is 0.285. The van der Waals surface area contributed by atoms with Gasteiger partial charge in [0.1, 0.15) is 5.82 Å². The van der Waals surface area contributed by atoms with Gasteiger partial charge in [-0.2, -0.15) is 0 Å². The van der Waals surface area contributed by atoms with E-state index < -0.39 is 15.8 Å². The highest BCUT2D eigenvalue weighted by Gasteiger charge is 2.18. The lowest BCUT2D eigenvalue weighted by Crippen LogP contribution is -2.13. The van der Waals surface area contributed by atoms with E-state index in [2.05, 4.69) is 4.72 Å². The summed E-state index contributed by atoms with van der Waals surface area (Å²) in [5, 5.41) is 10.3. The SMILES string of the molecule is Cc1ccc(NS(=O)(=O)c2csc(CO)c2)c(F)c1. The number of hydrogen-bond acceptors (Lipinski definition) is 4. The first kappa shape index (κ1) is 14.0. The van der Waals surface area contributed by atoms with Crippen LogP contribution in [0.2, 0.25) is 0 Å². The quantitative estimate of drug-likeness (QED) is 0.912. The van der Waals surface area contributed by atoms with Crippen LogP contribution in [0.1, 0.15) is 10.4 Å². The summed E-state index contributed by atoms with van der Waals surface area (Å²) in [6.45, 7) is 1.49. The molecule has 0 atom stereocenters. The summed E-state index contributed by atoms with van der Waals surface area (Å²) in [6.07, 6.45) is 0. The number of halogens is 1. The van der Waals surface area contributed by atoms with E-state index in [0.717, 1.165) is 11.3 Å². The summed E-state index contributed by atoms with van der Waals surface area (Å²) in [5.41, 5.74) is 0.612. The van der Waals surface area contributed by atoms with E-state index in [0.29, 0.717) is 10.4 Å². The van der Waals surface area contributed by atoms with Crippen LogP contribution in [0.15, 0.2) is 34.5 Å². The fraction of sp³-hybridized carbons (Fsp3) is 0.167. The number of rotatable bonds is 4. The first-order chi connectivity index (χ1) is 8.92. The van der Waals surface area contributed by atoms with Crippen LogP contribution in [0.25, 0.3) is 0 Å². The zero-order chi connectivity index (χ0) is 14.0. The van der Waals surface area contributed by atoms with Gasteiger partial charge in [0.25, 0.3) is 10.0 Å². The summed E-state index contributed by atoms with van der Waals surface area (Å²) < 4.78 is 39.8. The molecule has 0 bridgehead atoms.